The summed E-state index contributed by atoms with van der Waals surface area (Å²) in [7, 11) is 0. The van der Waals surface area contributed by atoms with Gasteiger partial charge in [-0.05, 0) is 51.2 Å². The van der Waals surface area contributed by atoms with Crippen molar-refractivity contribution in [2.24, 2.45) is 0 Å². The molecule has 9 nitrogen and oxygen atoms in total. The minimum Gasteiger partial charge on any atom is -0.450 e. The number of hydrogen-bond acceptors (Lipinski definition) is 7. The van der Waals surface area contributed by atoms with Crippen molar-refractivity contribution in [3.8, 4) is 0 Å². The highest BCUT2D eigenvalue weighted by atomic mass is 32.1. The number of likely N-dealkylation sites (tertiary alicyclic amines) is 1. The highest BCUT2D eigenvalue weighted by Gasteiger charge is 2.27. The molecule has 0 saturated carbocycles. The fourth-order valence-electron chi connectivity index (χ4n) is 4.42. The molecule has 34 heavy (non-hydrogen) atoms. The zero-order chi connectivity index (χ0) is 23.9. The first-order valence-electron chi connectivity index (χ1n) is 11.9. The number of ether oxygens (including phenoxy) is 1. The van der Waals surface area contributed by atoms with Crippen LogP contribution in [-0.2, 0) is 4.74 Å². The Morgan fingerprint density at radius 3 is 2.56 bits per heavy atom. The van der Waals surface area contributed by atoms with E-state index in [0.29, 0.717) is 18.8 Å². The quantitative estimate of drug-likeness (QED) is 0.649. The average Bonchev–Trinajstić information content (AvgIpc) is 3.36. The highest BCUT2D eigenvalue weighted by molar-refractivity contribution is 7.10. The van der Waals surface area contributed by atoms with Gasteiger partial charge in [0, 0.05) is 37.5 Å². The third-order valence-corrected chi connectivity index (χ3v) is 7.23. The number of urea groups is 1. The number of nitrogens with zero attached hydrogens (tertiary/aromatic N) is 3. The number of carbonyl (C=O) groups excluding carboxylic acids is 3. The van der Waals surface area contributed by atoms with E-state index >= 15 is 0 Å². The lowest BCUT2D eigenvalue weighted by atomic mass is 9.98. The molecule has 4 amide bonds. The molecule has 2 saturated heterocycles. The summed E-state index contributed by atoms with van der Waals surface area (Å²) in [4.78, 5) is 45.1. The minimum absolute atomic E-state index is 0.179. The molecule has 1 aromatic heterocycles. The van der Waals surface area contributed by atoms with Gasteiger partial charge in [0.25, 0.3) is 5.91 Å². The SMILES string of the molecule is CCOC(=O)NC(=O)N1CCC(c2nc(C(=O)Nc3ccccc3N3CCCCC3)cs2)CC1. The summed E-state index contributed by atoms with van der Waals surface area (Å²) in [5, 5.41) is 7.98. The molecule has 182 valence electrons. The monoisotopic (exact) mass is 485 g/mol. The van der Waals surface area contributed by atoms with Gasteiger partial charge < -0.3 is 19.9 Å². The van der Waals surface area contributed by atoms with E-state index in [-0.39, 0.29) is 18.4 Å². The van der Waals surface area contributed by atoms with Crippen LogP contribution in [0.1, 0.15) is 60.4 Å². The summed E-state index contributed by atoms with van der Waals surface area (Å²) in [6.45, 7) is 4.94. The Labute approximate surface area is 203 Å². The normalized spacial score (nSPS) is 16.7. The molecule has 1 aromatic carbocycles. The van der Waals surface area contributed by atoms with Gasteiger partial charge in [0.05, 0.1) is 23.0 Å². The van der Waals surface area contributed by atoms with Crippen LogP contribution in [0.15, 0.2) is 29.6 Å². The summed E-state index contributed by atoms with van der Waals surface area (Å²) in [5.41, 5.74) is 2.28. The van der Waals surface area contributed by atoms with Gasteiger partial charge in [-0.3, -0.25) is 4.79 Å². The van der Waals surface area contributed by atoms with Crippen LogP contribution in [0.3, 0.4) is 0 Å². The van der Waals surface area contributed by atoms with Gasteiger partial charge in [-0.1, -0.05) is 12.1 Å². The number of benzene rings is 1. The number of piperidine rings is 2. The van der Waals surface area contributed by atoms with E-state index in [4.69, 9.17) is 4.74 Å². The molecule has 2 aliphatic rings. The minimum atomic E-state index is -0.730. The number of para-hydroxylation sites is 2. The van der Waals surface area contributed by atoms with Crippen molar-refractivity contribution in [2.45, 2.75) is 44.9 Å². The van der Waals surface area contributed by atoms with E-state index in [0.717, 1.165) is 42.3 Å². The Morgan fingerprint density at radius 1 is 1.09 bits per heavy atom. The number of rotatable bonds is 5. The molecule has 2 aliphatic heterocycles. The first-order chi connectivity index (χ1) is 16.5. The maximum atomic E-state index is 13.0. The average molecular weight is 486 g/mol. The number of alkyl carbamates (subject to hydrolysis) is 1. The third kappa shape index (κ3) is 5.85. The first-order valence-corrected chi connectivity index (χ1v) is 12.8. The number of carbonyl (C=O) groups is 3. The molecule has 0 aliphatic carbocycles. The molecule has 0 radical (unpaired) electrons. The van der Waals surface area contributed by atoms with Gasteiger partial charge in [-0.2, -0.15) is 0 Å². The van der Waals surface area contributed by atoms with Crippen molar-refractivity contribution >= 4 is 40.7 Å². The predicted molar refractivity (Wildman–Crippen MR) is 132 cm³/mol. The van der Waals surface area contributed by atoms with E-state index in [9.17, 15) is 14.4 Å². The second-order valence-corrected chi connectivity index (χ2v) is 9.39. The van der Waals surface area contributed by atoms with Crippen molar-refractivity contribution in [1.29, 1.82) is 0 Å². The van der Waals surface area contributed by atoms with E-state index in [2.05, 4.69) is 26.6 Å². The molecule has 3 heterocycles. The zero-order valence-electron chi connectivity index (χ0n) is 19.4. The third-order valence-electron chi connectivity index (χ3n) is 6.22. The number of imide groups is 1. The number of nitrogens with one attached hydrogen (secondary N) is 2. The number of hydrogen-bond donors (Lipinski definition) is 2. The predicted octanol–water partition coefficient (Wildman–Crippen LogP) is 4.43. The molecule has 10 heteroatoms. The van der Waals surface area contributed by atoms with Crippen molar-refractivity contribution in [2.75, 3.05) is 43.0 Å². The maximum Gasteiger partial charge on any atom is 0.415 e. The fourth-order valence-corrected chi connectivity index (χ4v) is 5.39. The summed E-state index contributed by atoms with van der Waals surface area (Å²) >= 11 is 1.48. The zero-order valence-corrected chi connectivity index (χ0v) is 20.2. The summed E-state index contributed by atoms with van der Waals surface area (Å²) in [6.07, 6.45) is 4.31. The fraction of sp³-hybridized carbons (Fsp3) is 0.500. The molecule has 0 spiro atoms. The molecule has 0 bridgehead atoms. The molecule has 2 fully saturated rings. The number of aromatic nitrogens is 1. The van der Waals surface area contributed by atoms with Gasteiger partial charge >= 0.3 is 12.1 Å². The van der Waals surface area contributed by atoms with Gasteiger partial charge in [-0.25, -0.2) is 19.9 Å². The molecule has 2 N–H and O–H groups in total. The molecular weight excluding hydrogens is 454 g/mol. The molecule has 0 atom stereocenters. The Hall–Kier alpha value is -3.14. The van der Waals surface area contributed by atoms with Crippen molar-refractivity contribution in [3.05, 3.63) is 40.3 Å². The van der Waals surface area contributed by atoms with Crippen LogP contribution >= 0.6 is 11.3 Å². The van der Waals surface area contributed by atoms with E-state index in [1.165, 1.54) is 30.6 Å². The van der Waals surface area contributed by atoms with Crippen LogP contribution in [0.2, 0.25) is 0 Å². The van der Waals surface area contributed by atoms with Gasteiger partial charge in [0.15, 0.2) is 0 Å². The maximum absolute atomic E-state index is 13.0. The van der Waals surface area contributed by atoms with Crippen molar-refractivity contribution in [1.82, 2.24) is 15.2 Å². The second-order valence-electron chi connectivity index (χ2n) is 8.50. The Kier molecular flexibility index (Phi) is 7.99. The summed E-state index contributed by atoms with van der Waals surface area (Å²) < 4.78 is 4.76. The van der Waals surface area contributed by atoms with Crippen LogP contribution in [0.25, 0.3) is 0 Å². The topological polar surface area (TPSA) is 104 Å². The number of amides is 4. The molecule has 2 aromatic rings. The van der Waals surface area contributed by atoms with Crippen molar-refractivity contribution in [3.63, 3.8) is 0 Å². The van der Waals surface area contributed by atoms with Gasteiger partial charge in [0.1, 0.15) is 5.69 Å². The number of anilines is 2. The summed E-state index contributed by atoms with van der Waals surface area (Å²) in [6, 6.07) is 7.48. The van der Waals surface area contributed by atoms with Crippen LogP contribution in [0, 0.1) is 0 Å². The van der Waals surface area contributed by atoms with Gasteiger partial charge in [0.2, 0.25) is 0 Å². The summed E-state index contributed by atoms with van der Waals surface area (Å²) in [5.74, 6) is -0.0305. The molecule has 4 rings (SSSR count). The Morgan fingerprint density at radius 2 is 1.82 bits per heavy atom. The largest absolute Gasteiger partial charge is 0.450 e. The van der Waals surface area contributed by atoms with Crippen LogP contribution in [-0.4, -0.2) is 60.7 Å². The number of thiazole rings is 1. The van der Waals surface area contributed by atoms with Crippen LogP contribution < -0.4 is 15.5 Å². The lowest BCUT2D eigenvalue weighted by Gasteiger charge is -2.30. The smallest absolute Gasteiger partial charge is 0.415 e. The second kappa shape index (κ2) is 11.3. The van der Waals surface area contributed by atoms with Gasteiger partial charge in [-0.15, -0.1) is 11.3 Å². The standard InChI is InChI=1S/C24H31N5O4S/c1-2-33-24(32)27-23(31)29-14-10-17(11-15-29)22-26-19(16-34-22)21(30)25-18-8-4-5-9-20(18)28-12-6-3-7-13-28/h4-5,8-9,16-17H,2-3,6-7,10-15H2,1H3,(H,25,30)(H,27,31,32). The lowest BCUT2D eigenvalue weighted by Crippen LogP contribution is -2.46. The van der Waals surface area contributed by atoms with E-state index in [1.807, 2.05) is 18.2 Å². The molecular formula is C24H31N5O4S. The highest BCUT2D eigenvalue weighted by Crippen LogP contribution is 2.32. The lowest BCUT2D eigenvalue weighted by molar-refractivity contribution is 0.102. The van der Waals surface area contributed by atoms with Crippen LogP contribution in [0.4, 0.5) is 21.0 Å². The van der Waals surface area contributed by atoms with Crippen molar-refractivity contribution < 1.29 is 19.1 Å². The van der Waals surface area contributed by atoms with E-state index < -0.39 is 12.1 Å². The van der Waals surface area contributed by atoms with E-state index in [1.54, 1.807) is 17.2 Å². The Balaban J connectivity index is 1.33. The first kappa shape index (κ1) is 24.0. The van der Waals surface area contributed by atoms with Crippen LogP contribution in [0.5, 0.6) is 0 Å². The molecule has 0 unspecified atom stereocenters. The Bertz CT molecular complexity index is 1010.